The number of nitrogens with two attached hydrogens (primary N) is 1. The average molecular weight is 466 g/mol. The lowest BCUT2D eigenvalue weighted by atomic mass is 9.94. The van der Waals surface area contributed by atoms with E-state index in [4.69, 9.17) is 25.7 Å². The Labute approximate surface area is 183 Å². The topological polar surface area (TPSA) is 117 Å². The van der Waals surface area contributed by atoms with Crippen molar-refractivity contribution in [3.8, 4) is 18.0 Å². The van der Waals surface area contributed by atoms with Gasteiger partial charge in [0, 0.05) is 22.7 Å². The van der Waals surface area contributed by atoms with Crippen LogP contribution in [-0.4, -0.2) is 12.1 Å². The van der Waals surface area contributed by atoms with Crippen molar-refractivity contribution in [1.29, 1.82) is 10.5 Å². The monoisotopic (exact) mass is 465 g/mol. The zero-order valence-electron chi connectivity index (χ0n) is 16.4. The van der Waals surface area contributed by atoms with Crippen molar-refractivity contribution in [1.82, 2.24) is 4.98 Å². The second kappa shape index (κ2) is 9.82. The first-order valence-corrected chi connectivity index (χ1v) is 10.1. The first kappa shape index (κ1) is 21.2. The number of nitrogens with zero attached hydrogens (tertiary/aromatic N) is 3. The maximum absolute atomic E-state index is 8.92. The molecule has 1 aliphatic carbocycles. The molecule has 1 unspecified atom stereocenters. The lowest BCUT2D eigenvalue weighted by Crippen LogP contribution is -2.13. The minimum atomic E-state index is 0.203. The molecule has 0 aliphatic heterocycles. The number of benzene rings is 1. The van der Waals surface area contributed by atoms with Gasteiger partial charge in [0.25, 0.3) is 0 Å². The molecule has 1 aliphatic rings. The number of anilines is 3. The molecule has 0 radical (unpaired) electrons. The van der Waals surface area contributed by atoms with Crippen LogP contribution in [-0.2, 0) is 4.74 Å². The SMILES string of the molecule is COC1=CC(CCC#N)CC(Br)=C1Oc1ccc(N)c(Nc2ccc(C#N)cc2)n1. The van der Waals surface area contributed by atoms with Gasteiger partial charge in [-0.25, -0.2) is 0 Å². The van der Waals surface area contributed by atoms with Gasteiger partial charge in [-0.1, -0.05) is 15.9 Å². The number of pyridine rings is 1. The number of allylic oxidation sites excluding steroid dienone is 2. The summed E-state index contributed by atoms with van der Waals surface area (Å²) in [6.45, 7) is 0. The summed E-state index contributed by atoms with van der Waals surface area (Å²) in [6.07, 6.45) is 3.93. The van der Waals surface area contributed by atoms with E-state index in [0.29, 0.717) is 40.9 Å². The Hall–Kier alpha value is -3.49. The lowest BCUT2D eigenvalue weighted by Gasteiger charge is -2.23. The van der Waals surface area contributed by atoms with Crippen LogP contribution >= 0.6 is 15.9 Å². The summed E-state index contributed by atoms with van der Waals surface area (Å²) in [4.78, 5) is 4.47. The number of ether oxygens (including phenoxy) is 2. The number of hydrogen-bond acceptors (Lipinski definition) is 7. The fraction of sp³-hybridized carbons (Fsp3) is 0.227. The van der Waals surface area contributed by atoms with E-state index in [9.17, 15) is 0 Å². The molecule has 1 aromatic heterocycles. The summed E-state index contributed by atoms with van der Waals surface area (Å²) in [5.74, 6) is 2.14. The Kier molecular flexibility index (Phi) is 6.95. The minimum Gasteiger partial charge on any atom is -0.493 e. The number of nitriles is 2. The largest absolute Gasteiger partial charge is 0.493 e. The van der Waals surface area contributed by atoms with E-state index in [1.54, 1.807) is 43.5 Å². The van der Waals surface area contributed by atoms with E-state index in [-0.39, 0.29) is 5.92 Å². The minimum absolute atomic E-state index is 0.203. The number of nitrogens with one attached hydrogen (secondary N) is 1. The molecule has 2 aromatic rings. The molecule has 152 valence electrons. The van der Waals surface area contributed by atoms with Crippen molar-refractivity contribution >= 4 is 33.1 Å². The predicted molar refractivity (Wildman–Crippen MR) is 118 cm³/mol. The Bertz CT molecular complexity index is 1060. The second-order valence-electron chi connectivity index (χ2n) is 6.63. The molecule has 0 saturated carbocycles. The van der Waals surface area contributed by atoms with Crippen molar-refractivity contribution in [3.63, 3.8) is 0 Å². The van der Waals surface area contributed by atoms with Crippen LogP contribution in [0.25, 0.3) is 0 Å². The number of nitrogen functional groups attached to an aromatic ring is 1. The van der Waals surface area contributed by atoms with Gasteiger partial charge in [-0.15, -0.1) is 0 Å². The maximum atomic E-state index is 8.92. The molecule has 1 heterocycles. The molecule has 3 N–H and O–H groups in total. The quantitative estimate of drug-likeness (QED) is 0.582. The van der Waals surface area contributed by atoms with Gasteiger partial charge < -0.3 is 20.5 Å². The Morgan fingerprint density at radius 3 is 2.67 bits per heavy atom. The van der Waals surface area contributed by atoms with Gasteiger partial charge in [-0.05, 0) is 55.2 Å². The highest BCUT2D eigenvalue weighted by molar-refractivity contribution is 9.11. The van der Waals surface area contributed by atoms with Crippen LogP contribution in [0.5, 0.6) is 5.88 Å². The Morgan fingerprint density at radius 1 is 1.23 bits per heavy atom. The molecule has 1 aromatic carbocycles. The van der Waals surface area contributed by atoms with Crippen molar-refractivity contribution in [3.05, 3.63) is 64.0 Å². The summed E-state index contributed by atoms with van der Waals surface area (Å²) < 4.78 is 12.4. The molecule has 3 rings (SSSR count). The van der Waals surface area contributed by atoms with E-state index in [1.165, 1.54) is 0 Å². The molecular formula is C22H20BrN5O2. The van der Waals surface area contributed by atoms with E-state index in [0.717, 1.165) is 23.0 Å². The molecule has 30 heavy (non-hydrogen) atoms. The van der Waals surface area contributed by atoms with Gasteiger partial charge in [0.05, 0.1) is 30.5 Å². The van der Waals surface area contributed by atoms with Crippen molar-refractivity contribution in [2.45, 2.75) is 19.3 Å². The van der Waals surface area contributed by atoms with E-state index in [1.807, 2.05) is 6.08 Å². The van der Waals surface area contributed by atoms with Crippen LogP contribution in [0.2, 0.25) is 0 Å². The van der Waals surface area contributed by atoms with Crippen LogP contribution < -0.4 is 15.8 Å². The molecule has 0 bridgehead atoms. The normalized spacial score (nSPS) is 15.6. The number of methoxy groups -OCH3 is 1. The number of hydrogen-bond donors (Lipinski definition) is 2. The Morgan fingerprint density at radius 2 is 2.00 bits per heavy atom. The third-order valence-electron chi connectivity index (χ3n) is 4.53. The van der Waals surface area contributed by atoms with Crippen molar-refractivity contribution in [2.24, 2.45) is 5.92 Å². The van der Waals surface area contributed by atoms with Gasteiger partial charge >= 0.3 is 0 Å². The first-order chi connectivity index (χ1) is 14.5. The first-order valence-electron chi connectivity index (χ1n) is 9.27. The number of halogens is 1. The highest BCUT2D eigenvalue weighted by Gasteiger charge is 2.24. The molecule has 0 spiro atoms. The van der Waals surface area contributed by atoms with Crippen LogP contribution in [0.4, 0.5) is 17.2 Å². The lowest BCUT2D eigenvalue weighted by molar-refractivity contribution is 0.249. The highest BCUT2D eigenvalue weighted by atomic mass is 79.9. The molecular weight excluding hydrogens is 446 g/mol. The van der Waals surface area contributed by atoms with Crippen LogP contribution in [0.3, 0.4) is 0 Å². The third kappa shape index (κ3) is 5.11. The zero-order chi connectivity index (χ0) is 21.5. The molecule has 0 saturated heterocycles. The molecule has 7 nitrogen and oxygen atoms in total. The van der Waals surface area contributed by atoms with E-state index in [2.05, 4.69) is 38.4 Å². The average Bonchev–Trinajstić information content (AvgIpc) is 2.76. The second-order valence-corrected chi connectivity index (χ2v) is 7.59. The molecule has 8 heteroatoms. The predicted octanol–water partition coefficient (Wildman–Crippen LogP) is 5.12. The molecule has 0 amide bonds. The summed E-state index contributed by atoms with van der Waals surface area (Å²) in [5.41, 5.74) is 7.84. The van der Waals surface area contributed by atoms with Crippen molar-refractivity contribution in [2.75, 3.05) is 18.2 Å². The van der Waals surface area contributed by atoms with Crippen LogP contribution in [0.1, 0.15) is 24.8 Å². The van der Waals surface area contributed by atoms with Crippen molar-refractivity contribution < 1.29 is 9.47 Å². The van der Waals surface area contributed by atoms with E-state index >= 15 is 0 Å². The van der Waals surface area contributed by atoms with Gasteiger partial charge in [0.1, 0.15) is 0 Å². The summed E-state index contributed by atoms with van der Waals surface area (Å²) in [7, 11) is 1.58. The van der Waals surface area contributed by atoms with Crippen LogP contribution in [0.15, 0.2) is 58.5 Å². The Balaban J connectivity index is 1.79. The molecule has 1 atom stereocenters. The third-order valence-corrected chi connectivity index (χ3v) is 5.21. The fourth-order valence-electron chi connectivity index (χ4n) is 2.99. The van der Waals surface area contributed by atoms with E-state index < -0.39 is 0 Å². The fourth-order valence-corrected chi connectivity index (χ4v) is 3.68. The smallest absolute Gasteiger partial charge is 0.221 e. The highest BCUT2D eigenvalue weighted by Crippen LogP contribution is 2.36. The molecule has 0 fully saturated rings. The summed E-state index contributed by atoms with van der Waals surface area (Å²) >= 11 is 3.58. The summed E-state index contributed by atoms with van der Waals surface area (Å²) in [6, 6.07) is 14.6. The summed E-state index contributed by atoms with van der Waals surface area (Å²) in [5, 5.41) is 20.9. The standard InChI is InChI=1S/C22H20BrN5O2/c1-29-19-12-15(3-2-10-24)11-17(23)21(19)30-20-9-8-18(26)22(28-20)27-16-6-4-14(13-25)5-7-16/h4-9,12,15H,2-3,11,26H2,1H3,(H,27,28). The number of aromatic nitrogens is 1. The van der Waals surface area contributed by atoms with Gasteiger partial charge in [0.15, 0.2) is 17.3 Å². The zero-order valence-corrected chi connectivity index (χ0v) is 17.9. The van der Waals surface area contributed by atoms with Gasteiger partial charge in [-0.2, -0.15) is 15.5 Å². The maximum Gasteiger partial charge on any atom is 0.221 e. The van der Waals surface area contributed by atoms with Gasteiger partial charge in [0.2, 0.25) is 5.88 Å². The number of rotatable bonds is 7. The van der Waals surface area contributed by atoms with Crippen LogP contribution in [0, 0.1) is 28.6 Å². The van der Waals surface area contributed by atoms with Gasteiger partial charge in [-0.3, -0.25) is 0 Å².